The predicted molar refractivity (Wildman–Crippen MR) is 109 cm³/mol. The number of fused-ring (bicyclic) bond motifs is 5. The minimum Gasteiger partial charge on any atom is -0.486 e. The highest BCUT2D eigenvalue weighted by molar-refractivity contribution is 7.26. The molecular formula is C19H11F3N6O3S. The molecule has 4 heterocycles. The van der Waals surface area contributed by atoms with E-state index < -0.39 is 16.8 Å². The molecule has 5 rings (SSSR count). The summed E-state index contributed by atoms with van der Waals surface area (Å²) in [6, 6.07) is 6.58. The van der Waals surface area contributed by atoms with Gasteiger partial charge in [-0.1, -0.05) is 0 Å². The molecule has 32 heavy (non-hydrogen) atoms. The average Bonchev–Trinajstić information content (AvgIpc) is 3.32. The number of ether oxygens (including phenoxy) is 1. The fourth-order valence-electron chi connectivity index (χ4n) is 3.27. The van der Waals surface area contributed by atoms with Gasteiger partial charge in [-0.05, 0) is 30.7 Å². The normalized spacial score (nSPS) is 12.1. The molecule has 0 saturated carbocycles. The van der Waals surface area contributed by atoms with Crippen molar-refractivity contribution in [2.75, 3.05) is 0 Å². The molecular weight excluding hydrogens is 449 g/mol. The zero-order valence-electron chi connectivity index (χ0n) is 16.1. The number of pyridine rings is 1. The molecule has 0 saturated heterocycles. The Kier molecular flexibility index (Phi) is 4.44. The zero-order chi connectivity index (χ0) is 22.6. The number of aryl methyl sites for hydroxylation is 1. The average molecular weight is 460 g/mol. The standard InChI is InChI=1S/C19H11F3N6O3S/c1-9-6-12(19(20,21)22)24-18-14(9)15-16(32-18)17-25-13(26-27(17)8-23-15)7-31-11-4-2-10(3-5-11)28(29)30/h2-6,8H,7H2,1H3. The largest absolute Gasteiger partial charge is 0.486 e. The van der Waals surface area contributed by atoms with Crippen LogP contribution in [0.4, 0.5) is 18.9 Å². The maximum Gasteiger partial charge on any atom is 0.433 e. The van der Waals surface area contributed by atoms with Gasteiger partial charge in [0.1, 0.15) is 33.9 Å². The maximum absolute atomic E-state index is 13.1. The summed E-state index contributed by atoms with van der Waals surface area (Å²) >= 11 is 1.07. The number of nitro benzene ring substituents is 1. The summed E-state index contributed by atoms with van der Waals surface area (Å²) in [6.45, 7) is 1.58. The van der Waals surface area contributed by atoms with Gasteiger partial charge in [-0.25, -0.2) is 19.5 Å². The fraction of sp³-hybridized carbons (Fsp3) is 0.158. The first-order valence-corrected chi connectivity index (χ1v) is 9.91. The van der Waals surface area contributed by atoms with Crippen LogP contribution in [0.1, 0.15) is 17.1 Å². The Morgan fingerprint density at radius 3 is 2.66 bits per heavy atom. The number of hydrogen-bond donors (Lipinski definition) is 0. The Labute approximate surface area is 180 Å². The molecule has 0 fully saturated rings. The van der Waals surface area contributed by atoms with Crippen molar-refractivity contribution in [3.05, 3.63) is 63.9 Å². The smallest absolute Gasteiger partial charge is 0.433 e. The molecule has 0 radical (unpaired) electrons. The third-order valence-electron chi connectivity index (χ3n) is 4.71. The van der Waals surface area contributed by atoms with Gasteiger partial charge >= 0.3 is 6.18 Å². The van der Waals surface area contributed by atoms with Crippen LogP contribution < -0.4 is 4.74 Å². The molecule has 4 aromatic heterocycles. The Hall–Kier alpha value is -3.87. The quantitative estimate of drug-likeness (QED) is 0.282. The number of rotatable bonds is 4. The van der Waals surface area contributed by atoms with Gasteiger partial charge in [0.2, 0.25) is 0 Å². The molecule has 0 unspecified atom stereocenters. The van der Waals surface area contributed by atoms with E-state index in [1.54, 1.807) is 6.92 Å². The number of non-ortho nitro benzene ring substituents is 1. The minimum atomic E-state index is -4.55. The third-order valence-corrected chi connectivity index (χ3v) is 5.78. The lowest BCUT2D eigenvalue weighted by Crippen LogP contribution is -2.07. The van der Waals surface area contributed by atoms with Crippen LogP contribution in [0.15, 0.2) is 36.7 Å². The highest BCUT2D eigenvalue weighted by Gasteiger charge is 2.33. The lowest BCUT2D eigenvalue weighted by molar-refractivity contribution is -0.384. The van der Waals surface area contributed by atoms with Crippen LogP contribution >= 0.6 is 11.3 Å². The second-order valence-electron chi connectivity index (χ2n) is 6.86. The van der Waals surface area contributed by atoms with Gasteiger partial charge in [-0.15, -0.1) is 16.4 Å². The Morgan fingerprint density at radius 2 is 1.97 bits per heavy atom. The summed E-state index contributed by atoms with van der Waals surface area (Å²) in [4.78, 5) is 23.0. The van der Waals surface area contributed by atoms with Crippen molar-refractivity contribution in [3.8, 4) is 5.75 Å². The van der Waals surface area contributed by atoms with Gasteiger partial charge in [-0.2, -0.15) is 13.2 Å². The zero-order valence-corrected chi connectivity index (χ0v) is 16.9. The lowest BCUT2D eigenvalue weighted by atomic mass is 10.1. The monoisotopic (exact) mass is 460 g/mol. The molecule has 0 amide bonds. The van der Waals surface area contributed by atoms with E-state index in [0.29, 0.717) is 38.4 Å². The molecule has 5 aromatic rings. The molecule has 0 bridgehead atoms. The van der Waals surface area contributed by atoms with Crippen LogP contribution in [-0.2, 0) is 12.8 Å². The van der Waals surface area contributed by atoms with Crippen LogP contribution in [0.25, 0.3) is 26.1 Å². The molecule has 9 nitrogen and oxygen atoms in total. The first kappa shape index (κ1) is 20.1. The molecule has 1 aromatic carbocycles. The lowest BCUT2D eigenvalue weighted by Gasteiger charge is -2.06. The predicted octanol–water partition coefficient (Wildman–Crippen LogP) is 4.70. The summed E-state index contributed by atoms with van der Waals surface area (Å²) in [5, 5.41) is 15.6. The van der Waals surface area contributed by atoms with E-state index in [0.717, 1.165) is 17.4 Å². The van der Waals surface area contributed by atoms with Crippen molar-refractivity contribution in [1.82, 2.24) is 24.6 Å². The number of alkyl halides is 3. The Morgan fingerprint density at radius 1 is 1.22 bits per heavy atom. The van der Waals surface area contributed by atoms with E-state index in [9.17, 15) is 23.3 Å². The van der Waals surface area contributed by atoms with Gasteiger partial charge in [0.25, 0.3) is 5.69 Å². The Bertz CT molecular complexity index is 1510. The van der Waals surface area contributed by atoms with Crippen molar-refractivity contribution in [1.29, 1.82) is 0 Å². The van der Waals surface area contributed by atoms with Gasteiger partial charge in [0.15, 0.2) is 11.5 Å². The number of thiophene rings is 1. The molecule has 162 valence electrons. The highest BCUT2D eigenvalue weighted by atomic mass is 32.1. The summed E-state index contributed by atoms with van der Waals surface area (Å²) in [7, 11) is 0. The number of hydrogen-bond acceptors (Lipinski definition) is 8. The van der Waals surface area contributed by atoms with Crippen LogP contribution in [0, 0.1) is 17.0 Å². The number of nitrogens with zero attached hydrogens (tertiary/aromatic N) is 6. The van der Waals surface area contributed by atoms with Crippen LogP contribution in [0.3, 0.4) is 0 Å². The highest BCUT2D eigenvalue weighted by Crippen LogP contribution is 2.38. The molecule has 0 aliphatic carbocycles. The van der Waals surface area contributed by atoms with E-state index in [1.807, 2.05) is 0 Å². The summed E-state index contributed by atoms with van der Waals surface area (Å²) in [5.74, 6) is 0.717. The van der Waals surface area contributed by atoms with Crippen molar-refractivity contribution < 1.29 is 22.8 Å². The van der Waals surface area contributed by atoms with Crippen LogP contribution in [0.2, 0.25) is 0 Å². The van der Waals surface area contributed by atoms with E-state index in [1.165, 1.54) is 35.1 Å². The summed E-state index contributed by atoms with van der Waals surface area (Å²) in [5.41, 5.74) is 0.342. The van der Waals surface area contributed by atoms with Gasteiger partial charge < -0.3 is 4.74 Å². The van der Waals surface area contributed by atoms with Crippen molar-refractivity contribution in [2.45, 2.75) is 19.7 Å². The van der Waals surface area contributed by atoms with Crippen molar-refractivity contribution in [3.63, 3.8) is 0 Å². The van der Waals surface area contributed by atoms with Crippen LogP contribution in [0.5, 0.6) is 5.75 Å². The van der Waals surface area contributed by atoms with Gasteiger partial charge in [0, 0.05) is 17.5 Å². The van der Waals surface area contributed by atoms with Crippen molar-refractivity contribution >= 4 is 43.1 Å². The topological polar surface area (TPSA) is 108 Å². The van der Waals surface area contributed by atoms with Crippen molar-refractivity contribution in [2.24, 2.45) is 0 Å². The van der Waals surface area contributed by atoms with E-state index >= 15 is 0 Å². The molecule has 0 spiro atoms. The molecule has 13 heteroatoms. The second kappa shape index (κ2) is 7.09. The molecule has 0 N–H and O–H groups in total. The van der Waals surface area contributed by atoms with Crippen LogP contribution in [-0.4, -0.2) is 29.5 Å². The number of benzene rings is 1. The number of halogens is 3. The first-order chi connectivity index (χ1) is 15.2. The molecule has 0 aliphatic rings. The first-order valence-electron chi connectivity index (χ1n) is 9.09. The number of aromatic nitrogens is 5. The second-order valence-corrected chi connectivity index (χ2v) is 7.86. The van der Waals surface area contributed by atoms with Gasteiger partial charge in [0.05, 0.1) is 10.4 Å². The summed E-state index contributed by atoms with van der Waals surface area (Å²) in [6.07, 6.45) is -3.11. The fourth-order valence-corrected chi connectivity index (χ4v) is 4.45. The SMILES string of the molecule is Cc1cc(C(F)(F)F)nc2sc3c(ncn4nc(COc5ccc([N+](=O)[O-])cc5)nc34)c12. The molecule has 0 aliphatic heterocycles. The summed E-state index contributed by atoms with van der Waals surface area (Å²) < 4.78 is 47.0. The van der Waals surface area contributed by atoms with Gasteiger partial charge in [-0.3, -0.25) is 10.1 Å². The van der Waals surface area contributed by atoms with E-state index in [4.69, 9.17) is 4.74 Å². The Balaban J connectivity index is 1.51. The maximum atomic E-state index is 13.1. The molecule has 0 atom stereocenters. The van der Waals surface area contributed by atoms with E-state index in [-0.39, 0.29) is 17.1 Å². The van der Waals surface area contributed by atoms with E-state index in [2.05, 4.69) is 20.1 Å². The number of nitro groups is 1. The third kappa shape index (κ3) is 3.36. The minimum absolute atomic E-state index is 0.0125.